The first-order valence-corrected chi connectivity index (χ1v) is 13.6. The predicted octanol–water partition coefficient (Wildman–Crippen LogP) is 4.60. The van der Waals surface area contributed by atoms with E-state index in [2.05, 4.69) is 38.0 Å². The van der Waals surface area contributed by atoms with E-state index in [1.54, 1.807) is 0 Å². The van der Waals surface area contributed by atoms with E-state index in [-0.39, 0.29) is 5.91 Å². The molecule has 8 heteroatoms. The maximum Gasteiger partial charge on any atom is 0.224 e. The molecule has 0 spiro atoms. The molecule has 2 bridgehead atoms. The molecule has 0 aromatic carbocycles. The van der Waals surface area contributed by atoms with Crippen molar-refractivity contribution in [2.45, 2.75) is 77.2 Å². The standard InChI is InChI=1S/C27H41N7O/c35-25-11-5-3-8-15-29-26-23(20-32-27(33-26)30-16-7-2-1-6-14-28-25)24-13-12-22(19-31-24)21-34-17-9-4-10-18-34/h12-13,19-20H,1-11,14-18,21H2,(H,28,35)(H2,29,30,32,33). The molecule has 0 atom stereocenters. The van der Waals surface area contributed by atoms with Crippen molar-refractivity contribution >= 4 is 17.7 Å². The molecule has 1 fully saturated rings. The number of pyridine rings is 1. The van der Waals surface area contributed by atoms with Crippen LogP contribution in [0, 0.1) is 0 Å². The number of fused-ring (bicyclic) bond motifs is 2. The predicted molar refractivity (Wildman–Crippen MR) is 141 cm³/mol. The molecule has 2 aromatic heterocycles. The second-order valence-electron chi connectivity index (χ2n) is 9.77. The van der Waals surface area contributed by atoms with Gasteiger partial charge in [0.25, 0.3) is 0 Å². The molecule has 190 valence electrons. The largest absolute Gasteiger partial charge is 0.369 e. The van der Waals surface area contributed by atoms with Gasteiger partial charge in [0.2, 0.25) is 11.9 Å². The van der Waals surface area contributed by atoms with Crippen LogP contribution in [0.2, 0.25) is 0 Å². The average molecular weight is 480 g/mol. The molecule has 4 rings (SSSR count). The van der Waals surface area contributed by atoms with Gasteiger partial charge in [-0.1, -0.05) is 31.7 Å². The highest BCUT2D eigenvalue weighted by molar-refractivity contribution is 5.75. The topological polar surface area (TPSA) is 95.1 Å². The van der Waals surface area contributed by atoms with Gasteiger partial charge in [0.15, 0.2) is 0 Å². The lowest BCUT2D eigenvalue weighted by atomic mass is 10.1. The fraction of sp³-hybridized carbons (Fsp3) is 0.630. The van der Waals surface area contributed by atoms with E-state index < -0.39 is 0 Å². The summed E-state index contributed by atoms with van der Waals surface area (Å²) in [7, 11) is 0. The molecule has 2 aromatic rings. The van der Waals surface area contributed by atoms with Crippen LogP contribution in [0.15, 0.2) is 24.5 Å². The van der Waals surface area contributed by atoms with Crippen LogP contribution in [0.4, 0.5) is 11.8 Å². The van der Waals surface area contributed by atoms with Gasteiger partial charge >= 0.3 is 0 Å². The molecular weight excluding hydrogens is 438 g/mol. The number of piperidine rings is 1. The summed E-state index contributed by atoms with van der Waals surface area (Å²) in [5, 5.41) is 9.92. The number of rotatable bonds is 3. The molecular formula is C27H41N7O. The summed E-state index contributed by atoms with van der Waals surface area (Å²) < 4.78 is 0. The molecule has 2 aliphatic heterocycles. The molecule has 3 N–H and O–H groups in total. The van der Waals surface area contributed by atoms with Gasteiger partial charge in [-0.15, -0.1) is 0 Å². The van der Waals surface area contributed by atoms with Crippen LogP contribution in [0.3, 0.4) is 0 Å². The van der Waals surface area contributed by atoms with Crippen molar-refractivity contribution < 1.29 is 4.79 Å². The lowest BCUT2D eigenvalue weighted by molar-refractivity contribution is -0.121. The Labute approximate surface area is 209 Å². The van der Waals surface area contributed by atoms with Crippen molar-refractivity contribution in [2.24, 2.45) is 0 Å². The van der Waals surface area contributed by atoms with Gasteiger partial charge in [-0.05, 0) is 63.2 Å². The van der Waals surface area contributed by atoms with E-state index >= 15 is 0 Å². The smallest absolute Gasteiger partial charge is 0.224 e. The van der Waals surface area contributed by atoms with Crippen LogP contribution in [-0.4, -0.2) is 58.5 Å². The highest BCUT2D eigenvalue weighted by atomic mass is 16.1. The van der Waals surface area contributed by atoms with Gasteiger partial charge in [-0.2, -0.15) is 4.98 Å². The Morgan fingerprint density at radius 3 is 2.23 bits per heavy atom. The van der Waals surface area contributed by atoms with E-state index in [0.717, 1.165) is 88.2 Å². The SMILES string of the molecule is O=C1CCCCCNc2nc(ncc2-c2ccc(CN3CCCCC3)cn2)NCCCCCCN1. The summed E-state index contributed by atoms with van der Waals surface area (Å²) in [6.07, 6.45) is 15.7. The third-order valence-electron chi connectivity index (χ3n) is 6.83. The number of carbonyl (C=O) groups excluding carboxylic acids is 1. The number of nitrogens with zero attached hydrogens (tertiary/aromatic N) is 4. The second-order valence-corrected chi connectivity index (χ2v) is 9.77. The van der Waals surface area contributed by atoms with Gasteiger partial charge in [0.05, 0.1) is 11.3 Å². The van der Waals surface area contributed by atoms with Gasteiger partial charge in [0, 0.05) is 45.0 Å². The van der Waals surface area contributed by atoms with E-state index in [0.29, 0.717) is 12.4 Å². The van der Waals surface area contributed by atoms with Crippen LogP contribution in [0.25, 0.3) is 11.3 Å². The average Bonchev–Trinajstić information content (AvgIpc) is 2.88. The minimum atomic E-state index is 0.179. The highest BCUT2D eigenvalue weighted by Gasteiger charge is 2.13. The molecule has 4 heterocycles. The van der Waals surface area contributed by atoms with Gasteiger partial charge in [-0.3, -0.25) is 14.7 Å². The van der Waals surface area contributed by atoms with E-state index in [4.69, 9.17) is 9.97 Å². The Balaban J connectivity index is 1.42. The van der Waals surface area contributed by atoms with Crippen molar-refractivity contribution in [1.82, 2.24) is 25.2 Å². The first kappa shape index (κ1) is 25.4. The van der Waals surface area contributed by atoms with Gasteiger partial charge < -0.3 is 16.0 Å². The summed E-state index contributed by atoms with van der Waals surface area (Å²) in [5.74, 6) is 1.65. The van der Waals surface area contributed by atoms with E-state index in [9.17, 15) is 4.79 Å². The Morgan fingerprint density at radius 2 is 1.46 bits per heavy atom. The van der Waals surface area contributed by atoms with Gasteiger partial charge in [0.1, 0.15) is 5.82 Å². The maximum absolute atomic E-state index is 12.0. The van der Waals surface area contributed by atoms with Crippen molar-refractivity contribution in [3.05, 3.63) is 30.1 Å². The molecule has 0 saturated carbocycles. The third kappa shape index (κ3) is 8.46. The maximum atomic E-state index is 12.0. The first-order chi connectivity index (χ1) is 17.3. The minimum Gasteiger partial charge on any atom is -0.369 e. The van der Waals surface area contributed by atoms with Crippen LogP contribution < -0.4 is 16.0 Å². The number of nitrogens with one attached hydrogen (secondary N) is 3. The summed E-state index contributed by atoms with van der Waals surface area (Å²) in [4.78, 5) is 28.6. The molecule has 35 heavy (non-hydrogen) atoms. The molecule has 0 unspecified atom stereocenters. The summed E-state index contributed by atoms with van der Waals surface area (Å²) in [6.45, 7) is 5.77. The van der Waals surface area contributed by atoms with Crippen molar-refractivity contribution in [3.63, 3.8) is 0 Å². The Hall–Kier alpha value is -2.74. The lowest BCUT2D eigenvalue weighted by Gasteiger charge is -2.26. The highest BCUT2D eigenvalue weighted by Crippen LogP contribution is 2.26. The summed E-state index contributed by atoms with van der Waals surface area (Å²) in [5.41, 5.74) is 3.07. The van der Waals surface area contributed by atoms with Crippen molar-refractivity contribution in [3.8, 4) is 11.3 Å². The molecule has 0 radical (unpaired) electrons. The van der Waals surface area contributed by atoms with Crippen molar-refractivity contribution in [1.29, 1.82) is 0 Å². The zero-order valence-corrected chi connectivity index (χ0v) is 21.0. The molecule has 0 aliphatic carbocycles. The molecule has 2 aliphatic rings. The number of hydrogen-bond donors (Lipinski definition) is 3. The van der Waals surface area contributed by atoms with Crippen LogP contribution >= 0.6 is 0 Å². The van der Waals surface area contributed by atoms with Crippen LogP contribution in [0.5, 0.6) is 0 Å². The summed E-state index contributed by atoms with van der Waals surface area (Å²) >= 11 is 0. The van der Waals surface area contributed by atoms with E-state index in [1.807, 2.05) is 12.4 Å². The Bertz CT molecular complexity index is 912. The van der Waals surface area contributed by atoms with Crippen LogP contribution in [-0.2, 0) is 11.3 Å². The van der Waals surface area contributed by atoms with Crippen molar-refractivity contribution in [2.75, 3.05) is 43.4 Å². The zero-order valence-electron chi connectivity index (χ0n) is 21.0. The minimum absolute atomic E-state index is 0.179. The molecule has 1 amide bonds. The fourth-order valence-electron chi connectivity index (χ4n) is 4.76. The number of hydrogen-bond acceptors (Lipinski definition) is 7. The number of anilines is 2. The molecule has 8 nitrogen and oxygen atoms in total. The summed E-state index contributed by atoms with van der Waals surface area (Å²) in [6, 6.07) is 4.27. The molecule has 1 saturated heterocycles. The second kappa shape index (κ2) is 14.0. The number of likely N-dealkylation sites (tertiary alicyclic amines) is 1. The zero-order chi connectivity index (χ0) is 24.1. The number of aromatic nitrogens is 3. The Kier molecular flexibility index (Phi) is 10.1. The monoisotopic (exact) mass is 479 g/mol. The third-order valence-corrected chi connectivity index (χ3v) is 6.83. The van der Waals surface area contributed by atoms with Gasteiger partial charge in [-0.25, -0.2) is 4.98 Å². The number of amides is 1. The van der Waals surface area contributed by atoms with Crippen LogP contribution in [0.1, 0.15) is 76.2 Å². The quantitative estimate of drug-likeness (QED) is 0.592. The number of carbonyl (C=O) groups is 1. The van der Waals surface area contributed by atoms with E-state index in [1.165, 1.54) is 37.9 Å². The lowest BCUT2D eigenvalue weighted by Crippen LogP contribution is -2.29. The fourth-order valence-corrected chi connectivity index (χ4v) is 4.76. The first-order valence-electron chi connectivity index (χ1n) is 13.6. The Morgan fingerprint density at radius 1 is 0.743 bits per heavy atom. The normalized spacial score (nSPS) is 19.5.